The number of esters is 1. The predicted molar refractivity (Wildman–Crippen MR) is 276 cm³/mol. The molecule has 76 heavy (non-hydrogen) atoms. The maximum Gasteiger partial charge on any atom is 0.324 e. The first-order chi connectivity index (χ1) is 36.0. The molecule has 4 fully saturated rings. The summed E-state index contributed by atoms with van der Waals surface area (Å²) in [7, 11) is 2.89. The average Bonchev–Trinajstić information content (AvgIpc) is 4.00. The molecule has 4 amide bonds. The quantitative estimate of drug-likeness (QED) is 0.161. The summed E-state index contributed by atoms with van der Waals surface area (Å²) in [6.07, 6.45) is 4.79. The number of hydrazine groups is 1. The Morgan fingerprint density at radius 2 is 1.79 bits per heavy atom. The highest BCUT2D eigenvalue weighted by Gasteiger charge is 2.54. The third kappa shape index (κ3) is 11.2. The summed E-state index contributed by atoms with van der Waals surface area (Å²) in [6.45, 7) is 10.5. The van der Waals surface area contributed by atoms with Crippen molar-refractivity contribution in [2.24, 2.45) is 17.3 Å². The van der Waals surface area contributed by atoms with Gasteiger partial charge in [-0.3, -0.25) is 34.0 Å². The van der Waals surface area contributed by atoms with Crippen molar-refractivity contribution < 1.29 is 55.7 Å². The molecule has 414 valence electrons. The molecule has 4 saturated heterocycles. The van der Waals surface area contributed by atoms with Crippen LogP contribution in [0.4, 0.5) is 23.2 Å². The van der Waals surface area contributed by atoms with Gasteiger partial charge in [0.1, 0.15) is 18.1 Å². The van der Waals surface area contributed by atoms with Crippen molar-refractivity contribution in [3.8, 4) is 0 Å². The van der Waals surface area contributed by atoms with Gasteiger partial charge in [-0.2, -0.15) is 0 Å². The van der Waals surface area contributed by atoms with Crippen molar-refractivity contribution >= 4 is 69.5 Å². The van der Waals surface area contributed by atoms with Crippen molar-refractivity contribution in [3.63, 3.8) is 0 Å². The lowest BCUT2D eigenvalue weighted by molar-refractivity contribution is -0.156. The smallest absolute Gasteiger partial charge is 0.324 e. The Morgan fingerprint density at radius 3 is 2.47 bits per heavy atom. The van der Waals surface area contributed by atoms with Gasteiger partial charge in [-0.1, -0.05) is 45.4 Å². The molecule has 8 heterocycles. The summed E-state index contributed by atoms with van der Waals surface area (Å²) in [5.74, 6) is -8.34. The Bertz CT molecular complexity index is 2690. The van der Waals surface area contributed by atoms with E-state index in [1.807, 2.05) is 43.9 Å². The minimum absolute atomic E-state index is 0.0542. The fourth-order valence-corrected chi connectivity index (χ4v) is 12.9. The number of amides is 4. The van der Waals surface area contributed by atoms with Crippen LogP contribution in [0.1, 0.15) is 101 Å². The van der Waals surface area contributed by atoms with E-state index in [1.165, 1.54) is 23.4 Å². The number of nitrogens with one attached hydrogen (secondary N) is 2. The number of halogens is 5. The number of nitrogens with zero attached hydrogens (tertiary/aromatic N) is 7. The number of allylic oxidation sites excluding steroid dienone is 2. The molecule has 7 aliphatic rings. The SMILES string of the molecule is CO[C@@H](C)c1ncc(N2CCOCC2)cc1C1=C2CC(C)(C)COC(=O)[C@@H]3CCCN(N3)C(=O)[C@@H](NC(=O)[C@H](C(C)C)N(C)C(=O)C3(F)CCN(C(=O)[C@H](F)Cl)CC3)Cc3nc(cs3)C3=CC4CC(F)(F)CN1C4C2=C3. The Morgan fingerprint density at radius 1 is 1.07 bits per heavy atom. The first kappa shape index (κ1) is 55.6. The largest absolute Gasteiger partial charge is 0.464 e. The Kier molecular flexibility index (Phi) is 16.0. The second-order valence-electron chi connectivity index (χ2n) is 22.3. The number of likely N-dealkylation sites (tertiary alicyclic amines) is 1. The van der Waals surface area contributed by atoms with Crippen molar-refractivity contribution in [3.05, 3.63) is 62.9 Å². The van der Waals surface area contributed by atoms with Gasteiger partial charge in [0.2, 0.25) is 5.91 Å². The maximum atomic E-state index is 16.5. The van der Waals surface area contributed by atoms with Gasteiger partial charge in [0.25, 0.3) is 29.3 Å². The average molecular weight is 1100 g/mol. The number of methoxy groups -OCH3 is 1. The Hall–Kier alpha value is -5.16. The zero-order valence-electron chi connectivity index (χ0n) is 44.0. The number of rotatable bonds is 10. The third-order valence-electron chi connectivity index (χ3n) is 15.8. The lowest BCUT2D eigenvalue weighted by Gasteiger charge is -2.44. The van der Waals surface area contributed by atoms with Gasteiger partial charge < -0.3 is 39.1 Å². The van der Waals surface area contributed by atoms with Crippen LogP contribution in [-0.2, 0) is 44.6 Å². The number of carbonyl (C=O) groups is 5. The van der Waals surface area contributed by atoms with Crippen LogP contribution in [0.2, 0.25) is 0 Å². The highest BCUT2D eigenvalue weighted by Crippen LogP contribution is 2.55. The fourth-order valence-electron chi connectivity index (χ4n) is 11.9. The van der Waals surface area contributed by atoms with Gasteiger partial charge in [0.05, 0.1) is 72.5 Å². The van der Waals surface area contributed by atoms with Crippen molar-refractivity contribution in [2.75, 3.05) is 78.1 Å². The van der Waals surface area contributed by atoms with Crippen LogP contribution in [0.3, 0.4) is 0 Å². The number of piperidine rings is 2. The van der Waals surface area contributed by atoms with Crippen LogP contribution in [0, 0.1) is 17.3 Å². The van der Waals surface area contributed by atoms with Crippen molar-refractivity contribution in [1.82, 2.24) is 40.4 Å². The van der Waals surface area contributed by atoms with Crippen molar-refractivity contribution in [2.45, 2.75) is 127 Å². The minimum atomic E-state index is -3.10. The summed E-state index contributed by atoms with van der Waals surface area (Å²) < 4.78 is 80.7. The zero-order valence-corrected chi connectivity index (χ0v) is 45.6. The van der Waals surface area contributed by atoms with E-state index in [2.05, 4.69) is 15.6 Å². The number of hydrogen-bond donors (Lipinski definition) is 2. The molecule has 23 heteroatoms. The van der Waals surface area contributed by atoms with E-state index in [0.717, 1.165) is 26.6 Å². The third-order valence-corrected chi connectivity index (χ3v) is 16.9. The number of hydrogen-bond acceptors (Lipinski definition) is 14. The number of pyridine rings is 1. The molecule has 1 aliphatic carbocycles. The maximum absolute atomic E-state index is 16.5. The molecule has 0 aromatic carbocycles. The molecular weight excluding hydrogens is 1030 g/mol. The van der Waals surface area contributed by atoms with Gasteiger partial charge in [0.15, 0.2) is 5.67 Å². The van der Waals surface area contributed by atoms with E-state index in [4.69, 9.17) is 35.8 Å². The predicted octanol–water partition coefficient (Wildman–Crippen LogP) is 6.00. The molecule has 0 spiro atoms. The monoisotopic (exact) mass is 1100 g/mol. The molecule has 6 bridgehead atoms. The fraction of sp³-hybridized carbons (Fsp3) is 0.642. The molecule has 9 rings (SSSR count). The summed E-state index contributed by atoms with van der Waals surface area (Å²) in [6, 6.07) is -1.98. The number of anilines is 1. The van der Waals surface area contributed by atoms with Crippen LogP contribution in [0.15, 0.2) is 40.9 Å². The van der Waals surface area contributed by atoms with Crippen LogP contribution in [-0.4, -0.2) is 174 Å². The number of ether oxygens (including phenoxy) is 3. The van der Waals surface area contributed by atoms with Gasteiger partial charge >= 0.3 is 5.97 Å². The minimum Gasteiger partial charge on any atom is -0.464 e. The second-order valence-corrected chi connectivity index (χ2v) is 23.6. The first-order valence-electron chi connectivity index (χ1n) is 26.2. The standard InChI is InChI=1S/C53H68ClF4N9O8S/c1-29(2)42(63(6)50(72)52(56)10-13-65(14-11-52)48(70)45(54)55)46(68)61-38-22-40-60-39(26-76-40)31-19-32-23-53(57,58)27-66-43(32)34(20-31)36(24-51(4,5)28-75-49(71)37-9-8-12-67(62-37)47(38)69)44(66)35-21-33(64-15-17-74-18-16-64)25-59-41(35)30(3)73-7/h19-21,25-26,29-30,32,37-38,42-43,45,62H,8-18,22-24,27-28H2,1-7H3,(H,61,68)/t30-,32?,37-,38-,42-,43?,45-/m0/s1. The highest BCUT2D eigenvalue weighted by atomic mass is 35.5. The van der Waals surface area contributed by atoms with E-state index < -0.39 is 120 Å². The van der Waals surface area contributed by atoms with E-state index in [0.29, 0.717) is 78.8 Å². The lowest BCUT2D eigenvalue weighted by Crippen LogP contribution is -2.63. The summed E-state index contributed by atoms with van der Waals surface area (Å²) in [5.41, 5.74) is 3.00. The topological polar surface area (TPSA) is 179 Å². The summed E-state index contributed by atoms with van der Waals surface area (Å²) >= 11 is 6.57. The highest BCUT2D eigenvalue weighted by molar-refractivity contribution is 7.09. The van der Waals surface area contributed by atoms with Crippen LogP contribution >= 0.6 is 22.9 Å². The number of likely N-dealkylation sites (N-methyl/N-ethyl adjacent to an activating group) is 1. The number of aromatic nitrogens is 2. The number of thiazole rings is 1. The number of carbonyl (C=O) groups excluding carboxylic acids is 5. The number of alkyl halides is 5. The van der Waals surface area contributed by atoms with Crippen LogP contribution < -0.4 is 15.6 Å². The molecule has 17 nitrogen and oxygen atoms in total. The Labute approximate surface area is 449 Å². The molecule has 0 radical (unpaired) electrons. The van der Waals surface area contributed by atoms with Crippen molar-refractivity contribution in [1.29, 1.82) is 0 Å². The molecule has 2 unspecified atom stereocenters. The van der Waals surface area contributed by atoms with Gasteiger partial charge in [-0.15, -0.1) is 11.3 Å². The number of cyclic esters (lactones) is 1. The molecule has 6 aliphatic heterocycles. The second kappa shape index (κ2) is 21.9. The Balaban J connectivity index is 1.09. The number of fused-ring (bicyclic) bond motifs is 6. The molecule has 7 atom stereocenters. The van der Waals surface area contributed by atoms with Gasteiger partial charge in [-0.05, 0) is 61.0 Å². The lowest BCUT2D eigenvalue weighted by atomic mass is 9.75. The molecular formula is C53H68ClF4N9O8S. The molecule has 2 aromatic heterocycles. The van der Waals surface area contributed by atoms with Crippen LogP contribution in [0.25, 0.3) is 11.3 Å². The van der Waals surface area contributed by atoms with E-state index in [9.17, 15) is 28.4 Å². The zero-order chi connectivity index (χ0) is 54.6. The first-order valence-corrected chi connectivity index (χ1v) is 27.5. The molecule has 0 saturated carbocycles. The van der Waals surface area contributed by atoms with Gasteiger partial charge in [-0.25, -0.2) is 28.0 Å². The number of morpholine rings is 1. The van der Waals surface area contributed by atoms with E-state index in [1.54, 1.807) is 32.5 Å². The van der Waals surface area contributed by atoms with E-state index >= 15 is 13.2 Å². The molecule has 2 N–H and O–H groups in total. The molecule has 2 aromatic rings. The summed E-state index contributed by atoms with van der Waals surface area (Å²) in [5, 5.41) is 6.37. The summed E-state index contributed by atoms with van der Waals surface area (Å²) in [4.78, 5) is 85.6. The normalized spacial score (nSPS) is 26.6. The van der Waals surface area contributed by atoms with Crippen LogP contribution in [0.5, 0.6) is 0 Å². The van der Waals surface area contributed by atoms with E-state index in [-0.39, 0.29) is 32.7 Å². The van der Waals surface area contributed by atoms with Gasteiger partial charge in [0, 0.05) is 94.8 Å².